The minimum absolute atomic E-state index is 0.212. The van der Waals surface area contributed by atoms with E-state index in [-0.39, 0.29) is 16.8 Å². The van der Waals surface area contributed by atoms with E-state index in [0.717, 1.165) is 5.56 Å². The predicted molar refractivity (Wildman–Crippen MR) is 120 cm³/mol. The van der Waals surface area contributed by atoms with Gasteiger partial charge in [0.25, 0.3) is 11.5 Å². The van der Waals surface area contributed by atoms with Gasteiger partial charge in [0.05, 0.1) is 12.2 Å². The van der Waals surface area contributed by atoms with Gasteiger partial charge in [-0.15, -0.1) is 0 Å². The van der Waals surface area contributed by atoms with Gasteiger partial charge in [-0.25, -0.2) is 9.37 Å². The molecular weight excluding hydrogens is 429 g/mol. The minimum atomic E-state index is -1.02. The predicted octanol–water partition coefficient (Wildman–Crippen LogP) is 1.55. The largest absolute Gasteiger partial charge is 0.373 e. The molecule has 0 aliphatic heterocycles. The third-order valence-electron chi connectivity index (χ3n) is 5.36. The molecule has 0 radical (unpaired) electrons. The Kier molecular flexibility index (Phi) is 4.84. The fourth-order valence-electron chi connectivity index (χ4n) is 3.57. The highest BCUT2D eigenvalue weighted by molar-refractivity contribution is 6.00. The van der Waals surface area contributed by atoms with Gasteiger partial charge in [-0.05, 0) is 18.6 Å². The van der Waals surface area contributed by atoms with Crippen LogP contribution in [0.5, 0.6) is 0 Å². The molecule has 1 fully saturated rings. The zero-order chi connectivity index (χ0) is 23.3. The zero-order valence-corrected chi connectivity index (χ0v) is 18.2. The van der Waals surface area contributed by atoms with Gasteiger partial charge in [0, 0.05) is 45.0 Å². The van der Waals surface area contributed by atoms with E-state index in [2.05, 4.69) is 31.1 Å². The number of amides is 1. The molecule has 5 rings (SSSR count). The number of rotatable bonds is 6. The van der Waals surface area contributed by atoms with Gasteiger partial charge >= 0.3 is 0 Å². The van der Waals surface area contributed by atoms with Crippen molar-refractivity contribution in [1.29, 1.82) is 0 Å². The third-order valence-corrected chi connectivity index (χ3v) is 5.36. The van der Waals surface area contributed by atoms with Crippen molar-refractivity contribution in [1.82, 2.24) is 34.3 Å². The summed E-state index contributed by atoms with van der Waals surface area (Å²) < 4.78 is 17.8. The maximum atomic E-state index is 13.2. The van der Waals surface area contributed by atoms with Gasteiger partial charge < -0.3 is 16.0 Å². The first kappa shape index (κ1) is 20.7. The molecule has 0 spiro atoms. The number of halogens is 1. The number of aromatic nitrogens is 6. The standard InChI is InChI=1S/C21H22FN9O2/c1-11-6-15(21(33)30(10-11)17-4-5-29(3)28-17)25-16-8-18(23-2)31-19(27-16)12(9-24-31)20(32)26-14-7-13(14)22/h4-6,8-10,13-14,23H,7H2,1-3H3,(H,25,27)(H,26,32)/t13-,14+/m1/s1. The number of alkyl halides is 1. The lowest BCUT2D eigenvalue weighted by atomic mass is 10.2. The number of nitrogens with one attached hydrogen (secondary N) is 3. The summed E-state index contributed by atoms with van der Waals surface area (Å²) in [6.45, 7) is 1.87. The van der Waals surface area contributed by atoms with E-state index in [1.165, 1.54) is 15.3 Å². The molecule has 33 heavy (non-hydrogen) atoms. The lowest BCUT2D eigenvalue weighted by molar-refractivity contribution is 0.0949. The second kappa shape index (κ2) is 7.73. The average molecular weight is 451 g/mol. The molecule has 11 nitrogen and oxygen atoms in total. The van der Waals surface area contributed by atoms with Crippen LogP contribution in [0.4, 0.5) is 21.7 Å². The van der Waals surface area contributed by atoms with E-state index < -0.39 is 18.1 Å². The maximum Gasteiger partial charge on any atom is 0.280 e. The zero-order valence-electron chi connectivity index (χ0n) is 18.2. The smallest absolute Gasteiger partial charge is 0.280 e. The summed E-state index contributed by atoms with van der Waals surface area (Å²) in [5, 5.41) is 17.2. The third kappa shape index (κ3) is 3.79. The lowest BCUT2D eigenvalue weighted by Crippen LogP contribution is -2.27. The average Bonchev–Trinajstić information content (AvgIpc) is 3.15. The number of anilines is 3. The first-order valence-electron chi connectivity index (χ1n) is 10.4. The Morgan fingerprint density at radius 2 is 2.09 bits per heavy atom. The molecule has 170 valence electrons. The maximum absolute atomic E-state index is 13.2. The first-order valence-corrected chi connectivity index (χ1v) is 10.4. The van der Waals surface area contributed by atoms with Crippen LogP contribution in [-0.2, 0) is 7.05 Å². The molecule has 1 saturated carbocycles. The number of carbonyl (C=O) groups excluding carboxylic acids is 1. The Morgan fingerprint density at radius 1 is 1.30 bits per heavy atom. The van der Waals surface area contributed by atoms with Crippen LogP contribution in [0.2, 0.25) is 0 Å². The van der Waals surface area contributed by atoms with Gasteiger partial charge in [-0.1, -0.05) is 0 Å². The number of carbonyl (C=O) groups is 1. The van der Waals surface area contributed by atoms with Gasteiger partial charge in [0.1, 0.15) is 29.1 Å². The highest BCUT2D eigenvalue weighted by Crippen LogP contribution is 2.26. The van der Waals surface area contributed by atoms with E-state index in [9.17, 15) is 14.0 Å². The number of fused-ring (bicyclic) bond motifs is 1. The fourth-order valence-corrected chi connectivity index (χ4v) is 3.57. The van der Waals surface area contributed by atoms with Gasteiger partial charge in [0.2, 0.25) is 0 Å². The van der Waals surface area contributed by atoms with E-state index in [0.29, 0.717) is 29.6 Å². The molecule has 4 aromatic heterocycles. The van der Waals surface area contributed by atoms with E-state index in [1.807, 2.05) is 6.92 Å². The minimum Gasteiger partial charge on any atom is -0.373 e. The van der Waals surface area contributed by atoms with Gasteiger partial charge in [-0.3, -0.25) is 18.8 Å². The van der Waals surface area contributed by atoms with Crippen molar-refractivity contribution in [2.45, 2.75) is 25.6 Å². The van der Waals surface area contributed by atoms with Gasteiger partial charge in [-0.2, -0.15) is 14.7 Å². The molecule has 12 heteroatoms. The molecule has 0 unspecified atom stereocenters. The van der Waals surface area contributed by atoms with Crippen LogP contribution in [0, 0.1) is 6.92 Å². The Hall–Kier alpha value is -4.22. The van der Waals surface area contributed by atoms with Crippen LogP contribution in [0.1, 0.15) is 22.3 Å². The van der Waals surface area contributed by atoms with Crippen LogP contribution in [0.25, 0.3) is 11.5 Å². The van der Waals surface area contributed by atoms with Crippen LogP contribution < -0.4 is 21.5 Å². The summed E-state index contributed by atoms with van der Waals surface area (Å²) >= 11 is 0. The summed E-state index contributed by atoms with van der Waals surface area (Å²) in [4.78, 5) is 30.3. The summed E-state index contributed by atoms with van der Waals surface area (Å²) in [5.41, 5.74) is 1.32. The number of aryl methyl sites for hydroxylation is 2. The Balaban J connectivity index is 1.54. The van der Waals surface area contributed by atoms with Crippen LogP contribution in [-0.4, -0.2) is 54.1 Å². The summed E-state index contributed by atoms with van der Waals surface area (Å²) in [6.07, 6.45) is 4.14. The lowest BCUT2D eigenvalue weighted by Gasteiger charge is -2.12. The van der Waals surface area contributed by atoms with Crippen molar-refractivity contribution >= 4 is 28.9 Å². The highest BCUT2D eigenvalue weighted by Gasteiger charge is 2.39. The molecule has 2 atom stereocenters. The molecule has 3 N–H and O–H groups in total. The molecule has 4 heterocycles. The van der Waals surface area contributed by atoms with Crippen molar-refractivity contribution in [2.24, 2.45) is 7.05 Å². The molecule has 0 saturated heterocycles. The first-order chi connectivity index (χ1) is 15.8. The summed E-state index contributed by atoms with van der Waals surface area (Å²) in [7, 11) is 3.48. The topological polar surface area (TPSA) is 123 Å². The van der Waals surface area contributed by atoms with Crippen LogP contribution in [0.3, 0.4) is 0 Å². The van der Waals surface area contributed by atoms with Crippen molar-refractivity contribution in [2.75, 3.05) is 17.7 Å². The number of hydrogen-bond acceptors (Lipinski definition) is 7. The van der Waals surface area contributed by atoms with E-state index >= 15 is 0 Å². The Labute approximate surface area is 187 Å². The van der Waals surface area contributed by atoms with Crippen molar-refractivity contribution < 1.29 is 9.18 Å². The normalized spacial score (nSPS) is 17.2. The second-order valence-electron chi connectivity index (χ2n) is 7.98. The molecule has 0 aromatic carbocycles. The van der Waals surface area contributed by atoms with Crippen molar-refractivity contribution in [3.63, 3.8) is 0 Å². The number of hydrogen-bond donors (Lipinski definition) is 3. The van der Waals surface area contributed by atoms with Crippen LogP contribution >= 0.6 is 0 Å². The Bertz CT molecular complexity index is 1440. The van der Waals surface area contributed by atoms with Crippen molar-refractivity contribution in [3.05, 3.63) is 58.3 Å². The highest BCUT2D eigenvalue weighted by atomic mass is 19.1. The van der Waals surface area contributed by atoms with Crippen LogP contribution in [0.15, 0.2) is 41.6 Å². The molecule has 1 amide bonds. The quantitative estimate of drug-likeness (QED) is 0.406. The SMILES string of the molecule is CNc1cc(Nc2cc(C)cn(-c3ccn(C)n3)c2=O)nc2c(C(=O)N[C@H]3C[C@H]3F)cnn12. The number of nitrogens with zero attached hydrogens (tertiary/aromatic N) is 6. The van der Waals surface area contributed by atoms with Gasteiger partial charge in [0.15, 0.2) is 11.5 Å². The summed E-state index contributed by atoms with van der Waals surface area (Å²) in [6, 6.07) is 4.65. The monoisotopic (exact) mass is 451 g/mol. The molecule has 4 aromatic rings. The molecule has 0 bridgehead atoms. The number of pyridine rings is 1. The van der Waals surface area contributed by atoms with E-state index in [1.54, 1.807) is 49.4 Å². The Morgan fingerprint density at radius 3 is 2.76 bits per heavy atom. The molecule has 1 aliphatic rings. The van der Waals surface area contributed by atoms with Crippen molar-refractivity contribution in [3.8, 4) is 5.82 Å². The van der Waals surface area contributed by atoms with E-state index in [4.69, 9.17) is 0 Å². The molecular formula is C21H22FN9O2. The fraction of sp³-hybridized carbons (Fsp3) is 0.286. The summed E-state index contributed by atoms with van der Waals surface area (Å²) in [5.74, 6) is 0.935. The molecule has 1 aliphatic carbocycles. The second-order valence-corrected chi connectivity index (χ2v) is 7.98.